The second-order valence-corrected chi connectivity index (χ2v) is 6.41. The topological polar surface area (TPSA) is 55.4 Å². The molecule has 0 aromatic heterocycles. The minimum atomic E-state index is -2.78. The molecule has 2 unspecified atom stereocenters. The summed E-state index contributed by atoms with van der Waals surface area (Å²) in [5.74, 6) is 0.676. The second-order valence-electron chi connectivity index (χ2n) is 4.18. The first-order valence-electron chi connectivity index (χ1n) is 5.20. The molecule has 0 amide bonds. The van der Waals surface area contributed by atoms with Crippen molar-refractivity contribution in [2.45, 2.75) is 31.3 Å². The molecule has 2 atom stereocenters. The summed E-state index contributed by atoms with van der Waals surface area (Å²) >= 11 is 0. The van der Waals surface area contributed by atoms with Crippen molar-refractivity contribution in [2.24, 2.45) is 0 Å². The minimum absolute atomic E-state index is 0.153. The van der Waals surface area contributed by atoms with Crippen LogP contribution in [-0.2, 0) is 14.6 Å². The summed E-state index contributed by atoms with van der Waals surface area (Å²) in [5.41, 5.74) is 0. The van der Waals surface area contributed by atoms with Crippen LogP contribution in [0.25, 0.3) is 0 Å². The first kappa shape index (κ1) is 10.4. The van der Waals surface area contributed by atoms with Crippen LogP contribution in [0.2, 0.25) is 0 Å². The Morgan fingerprint density at radius 3 is 2.71 bits per heavy atom. The van der Waals surface area contributed by atoms with Crippen LogP contribution < -0.4 is 5.32 Å². The highest BCUT2D eigenvalue weighted by molar-refractivity contribution is 7.91. The number of ether oxygens (including phenoxy) is 1. The van der Waals surface area contributed by atoms with Crippen LogP contribution in [0.1, 0.15) is 19.3 Å². The van der Waals surface area contributed by atoms with E-state index in [2.05, 4.69) is 5.32 Å². The highest BCUT2D eigenvalue weighted by atomic mass is 32.2. The van der Waals surface area contributed by atoms with Gasteiger partial charge in [0.25, 0.3) is 0 Å². The second kappa shape index (κ2) is 4.16. The smallest absolute Gasteiger partial charge is 0.151 e. The summed E-state index contributed by atoms with van der Waals surface area (Å²) < 4.78 is 28.0. The van der Waals surface area contributed by atoms with Gasteiger partial charge in [0.05, 0.1) is 18.1 Å². The maximum Gasteiger partial charge on any atom is 0.151 e. The zero-order valence-electron chi connectivity index (χ0n) is 8.24. The molecule has 2 aliphatic heterocycles. The average Bonchev–Trinajstić information content (AvgIpc) is 2.54. The molecule has 0 aromatic rings. The van der Waals surface area contributed by atoms with Gasteiger partial charge in [0.2, 0.25) is 0 Å². The molecular weight excluding hydrogens is 202 g/mol. The zero-order chi connectivity index (χ0) is 10.0. The summed E-state index contributed by atoms with van der Waals surface area (Å²) in [6.45, 7) is 1.54. The van der Waals surface area contributed by atoms with Gasteiger partial charge in [-0.1, -0.05) is 0 Å². The van der Waals surface area contributed by atoms with Crippen LogP contribution >= 0.6 is 0 Å². The first-order valence-corrected chi connectivity index (χ1v) is 7.02. The molecule has 14 heavy (non-hydrogen) atoms. The van der Waals surface area contributed by atoms with Crippen molar-refractivity contribution in [2.75, 3.05) is 24.7 Å². The normalized spacial score (nSPS) is 37.1. The Morgan fingerprint density at radius 2 is 2.07 bits per heavy atom. The van der Waals surface area contributed by atoms with Crippen molar-refractivity contribution in [1.82, 2.24) is 5.32 Å². The zero-order valence-corrected chi connectivity index (χ0v) is 9.05. The number of sulfone groups is 1. The van der Waals surface area contributed by atoms with Crippen LogP contribution in [-0.4, -0.2) is 45.2 Å². The molecule has 2 aliphatic rings. The summed E-state index contributed by atoms with van der Waals surface area (Å²) in [6, 6.07) is 0.522. The Bertz CT molecular complexity index is 282. The number of hydrogen-bond acceptors (Lipinski definition) is 4. The Morgan fingerprint density at radius 1 is 1.21 bits per heavy atom. The van der Waals surface area contributed by atoms with Gasteiger partial charge in [-0.05, 0) is 19.3 Å². The van der Waals surface area contributed by atoms with Crippen molar-refractivity contribution >= 4 is 9.84 Å². The third-order valence-corrected chi connectivity index (χ3v) is 4.69. The van der Waals surface area contributed by atoms with E-state index in [1.54, 1.807) is 0 Å². The Kier molecular flexibility index (Phi) is 3.09. The Labute approximate surface area is 84.9 Å². The molecule has 5 heteroatoms. The van der Waals surface area contributed by atoms with Gasteiger partial charge in [-0.3, -0.25) is 0 Å². The van der Waals surface area contributed by atoms with E-state index < -0.39 is 9.84 Å². The minimum Gasteiger partial charge on any atom is -0.380 e. The molecule has 0 radical (unpaired) electrons. The maximum absolute atomic E-state index is 11.4. The van der Waals surface area contributed by atoms with E-state index >= 15 is 0 Å². The summed E-state index contributed by atoms with van der Waals surface area (Å²) in [7, 11) is -2.78. The van der Waals surface area contributed by atoms with Crippen LogP contribution in [0.4, 0.5) is 0 Å². The van der Waals surface area contributed by atoms with Gasteiger partial charge in [-0.2, -0.15) is 0 Å². The molecule has 2 rings (SSSR count). The van der Waals surface area contributed by atoms with Gasteiger partial charge in [0.15, 0.2) is 9.84 Å². The largest absolute Gasteiger partial charge is 0.380 e. The van der Waals surface area contributed by atoms with Gasteiger partial charge in [0, 0.05) is 18.7 Å². The molecule has 0 spiro atoms. The molecule has 0 aromatic carbocycles. The fourth-order valence-corrected chi connectivity index (χ4v) is 3.80. The highest BCUT2D eigenvalue weighted by Gasteiger charge is 2.27. The van der Waals surface area contributed by atoms with Crippen LogP contribution in [0.5, 0.6) is 0 Å². The fourth-order valence-electron chi connectivity index (χ4n) is 2.15. The lowest BCUT2D eigenvalue weighted by Crippen LogP contribution is -2.45. The Balaban J connectivity index is 1.85. The number of rotatable bonds is 2. The predicted molar refractivity (Wildman–Crippen MR) is 54.0 cm³/mol. The van der Waals surface area contributed by atoms with E-state index in [1.165, 1.54) is 0 Å². The van der Waals surface area contributed by atoms with E-state index in [4.69, 9.17) is 4.74 Å². The predicted octanol–water partition coefficient (Wildman–Crippen LogP) is -0.0579. The first-order chi connectivity index (χ1) is 6.66. The van der Waals surface area contributed by atoms with E-state index in [1.807, 2.05) is 0 Å². The van der Waals surface area contributed by atoms with Crippen molar-refractivity contribution in [3.8, 4) is 0 Å². The van der Waals surface area contributed by atoms with Crippen molar-refractivity contribution in [3.63, 3.8) is 0 Å². The Hall–Kier alpha value is -0.130. The maximum atomic E-state index is 11.4. The number of nitrogens with one attached hydrogen (secondary N) is 1. The molecule has 2 heterocycles. The highest BCUT2D eigenvalue weighted by Crippen LogP contribution is 2.14. The van der Waals surface area contributed by atoms with Crippen LogP contribution in [0, 0.1) is 0 Å². The van der Waals surface area contributed by atoms with E-state index in [0.29, 0.717) is 17.5 Å². The summed E-state index contributed by atoms with van der Waals surface area (Å²) in [6.07, 6.45) is 2.79. The summed E-state index contributed by atoms with van der Waals surface area (Å²) in [4.78, 5) is 0. The van der Waals surface area contributed by atoms with Gasteiger partial charge in [-0.25, -0.2) is 8.42 Å². The van der Waals surface area contributed by atoms with Gasteiger partial charge >= 0.3 is 0 Å². The SMILES string of the molecule is O=S1(=O)CCCC(NC2CCOC2)C1. The molecule has 2 fully saturated rings. The molecule has 82 valence electrons. The lowest BCUT2D eigenvalue weighted by molar-refractivity contribution is 0.188. The van der Waals surface area contributed by atoms with Crippen LogP contribution in [0.15, 0.2) is 0 Å². The van der Waals surface area contributed by atoms with E-state index in [-0.39, 0.29) is 6.04 Å². The van der Waals surface area contributed by atoms with Gasteiger partial charge < -0.3 is 10.1 Å². The van der Waals surface area contributed by atoms with Crippen molar-refractivity contribution in [1.29, 1.82) is 0 Å². The fraction of sp³-hybridized carbons (Fsp3) is 1.00. The molecule has 2 saturated heterocycles. The third kappa shape index (κ3) is 2.68. The lowest BCUT2D eigenvalue weighted by atomic mass is 10.1. The molecule has 4 nitrogen and oxygen atoms in total. The lowest BCUT2D eigenvalue weighted by Gasteiger charge is -2.25. The van der Waals surface area contributed by atoms with E-state index in [9.17, 15) is 8.42 Å². The third-order valence-electron chi connectivity index (χ3n) is 2.86. The molecule has 1 N–H and O–H groups in total. The van der Waals surface area contributed by atoms with E-state index in [0.717, 1.165) is 32.5 Å². The van der Waals surface area contributed by atoms with Gasteiger partial charge in [-0.15, -0.1) is 0 Å². The summed E-state index contributed by atoms with van der Waals surface area (Å²) in [5, 5.41) is 3.37. The quantitative estimate of drug-likeness (QED) is 0.707. The molecular formula is C9H17NO3S. The molecule has 0 bridgehead atoms. The molecule has 0 aliphatic carbocycles. The average molecular weight is 219 g/mol. The van der Waals surface area contributed by atoms with Gasteiger partial charge in [0.1, 0.15) is 0 Å². The number of hydrogen-bond donors (Lipinski definition) is 1. The standard InChI is InChI=1S/C9H17NO3S/c11-14(12)5-1-2-9(7-14)10-8-3-4-13-6-8/h8-10H,1-7H2. The van der Waals surface area contributed by atoms with Crippen LogP contribution in [0.3, 0.4) is 0 Å². The monoisotopic (exact) mass is 219 g/mol. The van der Waals surface area contributed by atoms with Crippen molar-refractivity contribution < 1.29 is 13.2 Å². The molecule has 0 saturated carbocycles. The van der Waals surface area contributed by atoms with Crippen molar-refractivity contribution in [3.05, 3.63) is 0 Å².